The van der Waals surface area contributed by atoms with Crippen LogP contribution in [0, 0.1) is 11.8 Å². The van der Waals surface area contributed by atoms with E-state index in [1.165, 1.54) is 32.1 Å². The Balaban J connectivity index is 1.92. The van der Waals surface area contributed by atoms with Gasteiger partial charge in [0.2, 0.25) is 0 Å². The lowest BCUT2D eigenvalue weighted by Crippen LogP contribution is -2.35. The normalized spacial score (nSPS) is 16.2. The zero-order chi connectivity index (χ0) is 14.9. The molecule has 1 aliphatic rings. The molecular weight excluding hydrogens is 262 g/mol. The summed E-state index contributed by atoms with van der Waals surface area (Å²) in [7, 11) is 0. The summed E-state index contributed by atoms with van der Waals surface area (Å²) in [5.41, 5.74) is 6.56. The third kappa shape index (κ3) is 5.20. The van der Waals surface area contributed by atoms with Crippen molar-refractivity contribution in [3.8, 4) is 11.8 Å². The largest absolute Gasteiger partial charge is 0.348 e. The van der Waals surface area contributed by atoms with Gasteiger partial charge in [0, 0.05) is 17.8 Å². The maximum atomic E-state index is 12.2. The lowest BCUT2D eigenvalue weighted by molar-refractivity contribution is 0.0925. The van der Waals surface area contributed by atoms with E-state index in [0.29, 0.717) is 12.2 Å². The molecule has 4 nitrogen and oxygen atoms in total. The van der Waals surface area contributed by atoms with Crippen molar-refractivity contribution in [2.24, 2.45) is 5.73 Å². The molecule has 3 N–H and O–H groups in total. The van der Waals surface area contributed by atoms with Crippen molar-refractivity contribution in [2.75, 3.05) is 6.54 Å². The molecule has 112 valence electrons. The van der Waals surface area contributed by atoms with E-state index in [0.717, 1.165) is 18.4 Å². The van der Waals surface area contributed by atoms with Gasteiger partial charge < -0.3 is 11.1 Å². The summed E-state index contributed by atoms with van der Waals surface area (Å²) in [6, 6.07) is 3.82. The first-order chi connectivity index (χ1) is 10.3. The second-order valence-electron chi connectivity index (χ2n) is 5.45. The number of pyridine rings is 1. The second-order valence-corrected chi connectivity index (χ2v) is 5.45. The lowest BCUT2D eigenvalue weighted by Gasteiger charge is -2.20. The number of rotatable bonds is 2. The van der Waals surface area contributed by atoms with E-state index < -0.39 is 0 Å². The molecule has 21 heavy (non-hydrogen) atoms. The molecule has 0 spiro atoms. The van der Waals surface area contributed by atoms with E-state index in [2.05, 4.69) is 22.1 Å². The molecule has 1 saturated carbocycles. The van der Waals surface area contributed by atoms with Crippen LogP contribution in [0.4, 0.5) is 0 Å². The quantitative estimate of drug-likeness (QED) is 0.819. The van der Waals surface area contributed by atoms with Gasteiger partial charge in [0.05, 0.1) is 6.54 Å². The van der Waals surface area contributed by atoms with Crippen molar-refractivity contribution in [3.63, 3.8) is 0 Å². The first-order valence-electron chi connectivity index (χ1n) is 7.75. The molecule has 2 rings (SSSR count). The zero-order valence-electron chi connectivity index (χ0n) is 12.4. The molecule has 1 aromatic rings. The molecule has 1 aromatic heterocycles. The van der Waals surface area contributed by atoms with Crippen molar-refractivity contribution in [1.82, 2.24) is 10.3 Å². The van der Waals surface area contributed by atoms with Crippen molar-refractivity contribution in [3.05, 3.63) is 29.6 Å². The monoisotopic (exact) mass is 285 g/mol. The SMILES string of the molecule is NCC#Cc1ccc(C(=O)NC2CCCCCCC2)nc1. The Morgan fingerprint density at radius 3 is 2.57 bits per heavy atom. The number of nitrogens with one attached hydrogen (secondary N) is 1. The molecule has 1 heterocycles. The third-order valence-corrected chi connectivity index (χ3v) is 3.77. The lowest BCUT2D eigenvalue weighted by atomic mass is 9.96. The maximum absolute atomic E-state index is 12.2. The van der Waals surface area contributed by atoms with Gasteiger partial charge in [-0.1, -0.05) is 43.9 Å². The van der Waals surface area contributed by atoms with Gasteiger partial charge >= 0.3 is 0 Å². The standard InChI is InChI=1S/C17H23N3O/c18-12-6-7-14-10-11-16(19-13-14)17(21)20-15-8-4-2-1-3-5-9-15/h10-11,13,15H,1-5,8-9,12,18H2,(H,20,21). The van der Waals surface area contributed by atoms with Gasteiger partial charge in [0.1, 0.15) is 5.69 Å². The number of carbonyl (C=O) groups is 1. The number of nitrogens with two attached hydrogens (primary N) is 1. The summed E-state index contributed by atoms with van der Waals surface area (Å²) in [4.78, 5) is 16.4. The van der Waals surface area contributed by atoms with Gasteiger partial charge in [0.15, 0.2) is 0 Å². The Kier molecular flexibility index (Phi) is 6.23. The van der Waals surface area contributed by atoms with Crippen LogP contribution in [0.1, 0.15) is 61.0 Å². The van der Waals surface area contributed by atoms with Crippen LogP contribution in [0.5, 0.6) is 0 Å². The van der Waals surface area contributed by atoms with Crippen LogP contribution >= 0.6 is 0 Å². The van der Waals surface area contributed by atoms with E-state index in [1.54, 1.807) is 12.3 Å². The van der Waals surface area contributed by atoms with Gasteiger partial charge in [-0.3, -0.25) is 4.79 Å². The van der Waals surface area contributed by atoms with Gasteiger partial charge in [-0.15, -0.1) is 0 Å². The van der Waals surface area contributed by atoms with E-state index in [-0.39, 0.29) is 11.9 Å². The molecule has 0 aromatic carbocycles. The predicted octanol–water partition coefficient (Wildman–Crippen LogP) is 2.23. The zero-order valence-corrected chi connectivity index (χ0v) is 12.4. The minimum Gasteiger partial charge on any atom is -0.348 e. The van der Waals surface area contributed by atoms with Crippen LogP contribution in [0.2, 0.25) is 0 Å². The highest BCUT2D eigenvalue weighted by atomic mass is 16.1. The van der Waals surface area contributed by atoms with Gasteiger partial charge in [-0.05, 0) is 25.0 Å². The van der Waals surface area contributed by atoms with Gasteiger partial charge in [-0.25, -0.2) is 4.98 Å². The highest BCUT2D eigenvalue weighted by molar-refractivity contribution is 5.92. The summed E-state index contributed by atoms with van der Waals surface area (Å²) in [6.45, 7) is 0.323. The maximum Gasteiger partial charge on any atom is 0.270 e. The average Bonchev–Trinajstić information content (AvgIpc) is 2.48. The molecule has 0 atom stereocenters. The number of nitrogens with zero attached hydrogens (tertiary/aromatic N) is 1. The van der Waals surface area contributed by atoms with E-state index in [1.807, 2.05) is 6.07 Å². The summed E-state index contributed by atoms with van der Waals surface area (Å²) in [5, 5.41) is 3.11. The Bertz CT molecular complexity index is 505. The first-order valence-corrected chi connectivity index (χ1v) is 7.75. The van der Waals surface area contributed by atoms with Crippen LogP contribution in [0.15, 0.2) is 18.3 Å². The van der Waals surface area contributed by atoms with E-state index in [4.69, 9.17) is 5.73 Å². The van der Waals surface area contributed by atoms with Crippen LogP contribution in [0.25, 0.3) is 0 Å². The topological polar surface area (TPSA) is 68.0 Å². The molecule has 1 aliphatic carbocycles. The second kappa shape index (κ2) is 8.43. The number of hydrogen-bond donors (Lipinski definition) is 2. The molecule has 0 radical (unpaired) electrons. The van der Waals surface area contributed by atoms with E-state index in [9.17, 15) is 4.79 Å². The summed E-state index contributed by atoms with van der Waals surface area (Å²) >= 11 is 0. The van der Waals surface area contributed by atoms with Gasteiger partial charge in [0.25, 0.3) is 5.91 Å². The van der Waals surface area contributed by atoms with Crippen LogP contribution in [0.3, 0.4) is 0 Å². The molecule has 1 amide bonds. The summed E-state index contributed by atoms with van der Waals surface area (Å²) in [6.07, 6.45) is 10.1. The smallest absolute Gasteiger partial charge is 0.270 e. The number of aromatic nitrogens is 1. The van der Waals surface area contributed by atoms with Crippen LogP contribution in [-0.2, 0) is 0 Å². The molecule has 1 fully saturated rings. The fourth-order valence-electron chi connectivity index (χ4n) is 2.62. The molecule has 0 aliphatic heterocycles. The number of carbonyl (C=O) groups excluding carboxylic acids is 1. The molecule has 0 saturated heterocycles. The minimum atomic E-state index is -0.0843. The summed E-state index contributed by atoms with van der Waals surface area (Å²) < 4.78 is 0. The van der Waals surface area contributed by atoms with Crippen molar-refractivity contribution >= 4 is 5.91 Å². The first kappa shape index (κ1) is 15.5. The average molecular weight is 285 g/mol. The van der Waals surface area contributed by atoms with Crippen LogP contribution in [-0.4, -0.2) is 23.5 Å². The van der Waals surface area contributed by atoms with Crippen molar-refractivity contribution in [2.45, 2.75) is 51.0 Å². The molecule has 4 heteroatoms. The molecular formula is C17H23N3O. The molecule has 0 bridgehead atoms. The fourth-order valence-corrected chi connectivity index (χ4v) is 2.62. The minimum absolute atomic E-state index is 0.0843. The summed E-state index contributed by atoms with van der Waals surface area (Å²) in [5.74, 6) is 5.58. The van der Waals surface area contributed by atoms with Crippen molar-refractivity contribution < 1.29 is 4.79 Å². The highest BCUT2D eigenvalue weighted by Crippen LogP contribution is 2.17. The number of hydrogen-bond acceptors (Lipinski definition) is 3. The van der Waals surface area contributed by atoms with Crippen LogP contribution < -0.4 is 11.1 Å². The third-order valence-electron chi connectivity index (χ3n) is 3.77. The van der Waals surface area contributed by atoms with Crippen molar-refractivity contribution in [1.29, 1.82) is 0 Å². The molecule has 0 unspecified atom stereocenters. The van der Waals surface area contributed by atoms with Gasteiger partial charge in [-0.2, -0.15) is 0 Å². The number of amides is 1. The predicted molar refractivity (Wildman–Crippen MR) is 83.7 cm³/mol. The Labute approximate surface area is 126 Å². The Morgan fingerprint density at radius 1 is 1.24 bits per heavy atom. The highest BCUT2D eigenvalue weighted by Gasteiger charge is 2.15. The Morgan fingerprint density at radius 2 is 1.95 bits per heavy atom. The Hall–Kier alpha value is -1.86. The van der Waals surface area contributed by atoms with E-state index >= 15 is 0 Å². The fraction of sp³-hybridized carbons (Fsp3) is 0.529.